The molecule has 6 heteroatoms. The van der Waals surface area contributed by atoms with Crippen molar-refractivity contribution < 1.29 is 8.42 Å². The van der Waals surface area contributed by atoms with E-state index in [1.807, 2.05) is 6.07 Å². The molecule has 0 aliphatic rings. The highest BCUT2D eigenvalue weighted by molar-refractivity contribution is 9.10. The molecule has 0 spiro atoms. The summed E-state index contributed by atoms with van der Waals surface area (Å²) in [6, 6.07) is 7.17. The maximum atomic E-state index is 12.0. The number of aromatic nitrogens is 1. The number of fused-ring (bicyclic) bond motifs is 1. The van der Waals surface area contributed by atoms with E-state index in [0.29, 0.717) is 5.39 Å². The molecule has 1 aromatic heterocycles. The van der Waals surface area contributed by atoms with Gasteiger partial charge in [-0.2, -0.15) is 0 Å². The van der Waals surface area contributed by atoms with E-state index in [-0.39, 0.29) is 16.7 Å². The molecule has 17 heavy (non-hydrogen) atoms. The second kappa shape index (κ2) is 4.92. The molecule has 3 nitrogen and oxygen atoms in total. The number of nitrogens with zero attached hydrogens (tertiary/aromatic N) is 1. The lowest BCUT2D eigenvalue weighted by molar-refractivity contribution is 0.595. The van der Waals surface area contributed by atoms with Gasteiger partial charge >= 0.3 is 0 Å². The molecule has 0 saturated carbocycles. The predicted octanol–water partition coefficient (Wildman–Crippen LogP) is 3.01. The maximum absolute atomic E-state index is 12.0. The first kappa shape index (κ1) is 12.8. The van der Waals surface area contributed by atoms with Gasteiger partial charge in [-0.25, -0.2) is 13.4 Å². The summed E-state index contributed by atoms with van der Waals surface area (Å²) < 4.78 is 24.8. The van der Waals surface area contributed by atoms with E-state index in [9.17, 15) is 8.42 Å². The molecular weight excluding hydrogens is 326 g/mol. The highest BCUT2D eigenvalue weighted by atomic mass is 79.9. The van der Waals surface area contributed by atoms with E-state index < -0.39 is 9.84 Å². The molecule has 0 fully saturated rings. The van der Waals surface area contributed by atoms with Crippen molar-refractivity contribution in [1.29, 1.82) is 0 Å². The summed E-state index contributed by atoms with van der Waals surface area (Å²) in [5.41, 5.74) is 0. The molecule has 0 aliphatic carbocycles. The van der Waals surface area contributed by atoms with Gasteiger partial charge in [-0.3, -0.25) is 0 Å². The number of rotatable bonds is 3. The quantitative estimate of drug-likeness (QED) is 0.811. The Bertz CT molecular complexity index is 658. The Hall–Kier alpha value is -0.650. The minimum Gasteiger partial charge on any atom is -0.244 e. The predicted molar refractivity (Wildman–Crippen MR) is 72.2 cm³/mol. The van der Waals surface area contributed by atoms with Gasteiger partial charge in [-0.05, 0) is 12.1 Å². The average Bonchev–Trinajstić information content (AvgIpc) is 2.29. The molecule has 1 heterocycles. The fourth-order valence-electron chi connectivity index (χ4n) is 1.59. The van der Waals surface area contributed by atoms with Crippen LogP contribution in [-0.4, -0.2) is 25.0 Å². The topological polar surface area (TPSA) is 47.0 Å². The van der Waals surface area contributed by atoms with Gasteiger partial charge in [-0.15, -0.1) is 11.6 Å². The van der Waals surface area contributed by atoms with E-state index in [1.54, 1.807) is 18.2 Å². The molecular formula is C11H9BrClNO2S. The van der Waals surface area contributed by atoms with Crippen LogP contribution >= 0.6 is 27.5 Å². The van der Waals surface area contributed by atoms with Crippen molar-refractivity contribution in [2.75, 3.05) is 11.6 Å². The first-order chi connectivity index (χ1) is 8.06. The van der Waals surface area contributed by atoms with Crippen molar-refractivity contribution in [3.05, 3.63) is 34.9 Å². The second-order valence-corrected chi connectivity index (χ2v) is 6.72. The zero-order valence-corrected chi connectivity index (χ0v) is 11.9. The van der Waals surface area contributed by atoms with Gasteiger partial charge in [0.05, 0.1) is 5.75 Å². The van der Waals surface area contributed by atoms with Crippen LogP contribution in [0.25, 0.3) is 10.8 Å². The van der Waals surface area contributed by atoms with E-state index >= 15 is 0 Å². The standard InChI is InChI=1S/C11H9BrClNO2S/c12-10-3-1-2-9-8(10)4-6-14-11(9)17(15,16)7-5-13/h1-4,6H,5,7H2. The summed E-state index contributed by atoms with van der Waals surface area (Å²) in [5, 5.41) is 1.54. The zero-order chi connectivity index (χ0) is 12.5. The van der Waals surface area contributed by atoms with Crippen molar-refractivity contribution in [3.63, 3.8) is 0 Å². The van der Waals surface area contributed by atoms with Gasteiger partial charge in [-0.1, -0.05) is 28.1 Å². The molecule has 0 atom stereocenters. The summed E-state index contributed by atoms with van der Waals surface area (Å²) in [6.07, 6.45) is 1.49. The Balaban J connectivity index is 2.76. The fraction of sp³-hybridized carbons (Fsp3) is 0.182. The number of halogens is 2. The van der Waals surface area contributed by atoms with Crippen LogP contribution in [-0.2, 0) is 9.84 Å². The molecule has 0 radical (unpaired) electrons. The largest absolute Gasteiger partial charge is 0.244 e. The highest BCUT2D eigenvalue weighted by Gasteiger charge is 2.18. The van der Waals surface area contributed by atoms with Gasteiger partial charge in [0.2, 0.25) is 0 Å². The van der Waals surface area contributed by atoms with Crippen LogP contribution < -0.4 is 0 Å². The minimum atomic E-state index is -3.42. The molecule has 0 unspecified atom stereocenters. The molecule has 0 bridgehead atoms. The summed E-state index contributed by atoms with van der Waals surface area (Å²) in [6.45, 7) is 0. The molecule has 1 aromatic carbocycles. The Morgan fingerprint density at radius 2 is 2.00 bits per heavy atom. The monoisotopic (exact) mass is 333 g/mol. The van der Waals surface area contributed by atoms with Crippen LogP contribution in [0.5, 0.6) is 0 Å². The fourth-order valence-corrected chi connectivity index (χ4v) is 3.83. The number of sulfone groups is 1. The first-order valence-corrected chi connectivity index (χ1v) is 7.86. The summed E-state index contributed by atoms with van der Waals surface area (Å²) in [5.74, 6) is -0.0401. The lowest BCUT2D eigenvalue weighted by Crippen LogP contribution is -2.10. The van der Waals surface area contributed by atoms with Crippen molar-refractivity contribution in [1.82, 2.24) is 4.98 Å². The second-order valence-electron chi connectivity index (χ2n) is 3.46. The zero-order valence-electron chi connectivity index (χ0n) is 8.73. The number of hydrogen-bond donors (Lipinski definition) is 0. The third-order valence-electron chi connectivity index (χ3n) is 2.36. The highest BCUT2D eigenvalue weighted by Crippen LogP contribution is 2.27. The molecule has 0 N–H and O–H groups in total. The van der Waals surface area contributed by atoms with Crippen molar-refractivity contribution in [2.45, 2.75) is 5.03 Å². The van der Waals surface area contributed by atoms with Gasteiger partial charge in [0, 0.05) is 27.3 Å². The number of hydrogen-bond acceptors (Lipinski definition) is 3. The third kappa shape index (κ3) is 2.46. The van der Waals surface area contributed by atoms with Crippen LogP contribution in [0.15, 0.2) is 40.0 Å². The normalized spacial score (nSPS) is 11.9. The molecule has 2 rings (SSSR count). The average molecular weight is 335 g/mol. The molecule has 0 amide bonds. The number of alkyl halides is 1. The maximum Gasteiger partial charge on any atom is 0.197 e. The van der Waals surface area contributed by atoms with Gasteiger partial charge in [0.1, 0.15) is 0 Å². The summed E-state index contributed by atoms with van der Waals surface area (Å²) in [4.78, 5) is 3.97. The molecule has 2 aromatic rings. The van der Waals surface area contributed by atoms with Gasteiger partial charge in [0.25, 0.3) is 0 Å². The minimum absolute atomic E-state index is 0.0639. The van der Waals surface area contributed by atoms with Crippen LogP contribution in [0.2, 0.25) is 0 Å². The van der Waals surface area contributed by atoms with Crippen LogP contribution in [0.4, 0.5) is 0 Å². The Kier molecular flexibility index (Phi) is 3.70. The van der Waals surface area contributed by atoms with E-state index in [1.165, 1.54) is 6.20 Å². The van der Waals surface area contributed by atoms with E-state index in [0.717, 1.165) is 9.86 Å². The molecule has 0 aliphatic heterocycles. The lowest BCUT2D eigenvalue weighted by Gasteiger charge is -2.06. The van der Waals surface area contributed by atoms with Crippen molar-refractivity contribution in [3.8, 4) is 0 Å². The van der Waals surface area contributed by atoms with Crippen LogP contribution in [0, 0.1) is 0 Å². The Morgan fingerprint density at radius 1 is 1.24 bits per heavy atom. The SMILES string of the molecule is O=S(=O)(CCCl)c1nccc2c(Br)cccc12. The van der Waals surface area contributed by atoms with Gasteiger partial charge < -0.3 is 0 Å². The van der Waals surface area contributed by atoms with Crippen LogP contribution in [0.3, 0.4) is 0 Å². The first-order valence-electron chi connectivity index (χ1n) is 4.88. The Morgan fingerprint density at radius 3 is 2.71 bits per heavy atom. The third-order valence-corrected chi connectivity index (χ3v) is 5.12. The van der Waals surface area contributed by atoms with Gasteiger partial charge in [0.15, 0.2) is 14.9 Å². The van der Waals surface area contributed by atoms with Crippen LogP contribution in [0.1, 0.15) is 0 Å². The lowest BCUT2D eigenvalue weighted by atomic mass is 10.2. The number of pyridine rings is 1. The van der Waals surface area contributed by atoms with Crippen molar-refractivity contribution >= 4 is 48.1 Å². The van der Waals surface area contributed by atoms with E-state index in [2.05, 4.69) is 20.9 Å². The number of benzene rings is 1. The summed E-state index contributed by atoms with van der Waals surface area (Å²) >= 11 is 8.89. The molecule has 90 valence electrons. The van der Waals surface area contributed by atoms with Crippen molar-refractivity contribution in [2.24, 2.45) is 0 Å². The smallest absolute Gasteiger partial charge is 0.197 e. The Labute approximate surface area is 113 Å². The summed E-state index contributed by atoms with van der Waals surface area (Å²) in [7, 11) is -3.42. The van der Waals surface area contributed by atoms with E-state index in [4.69, 9.17) is 11.6 Å². The molecule has 0 saturated heterocycles.